The number of anilines is 1. The van der Waals surface area contributed by atoms with E-state index in [2.05, 4.69) is 10.6 Å². The minimum absolute atomic E-state index is 0.0777. The molecule has 0 fully saturated rings. The molecule has 5 nitrogen and oxygen atoms in total. The number of nitrogens with zero attached hydrogens (tertiary/aromatic N) is 1. The average Bonchev–Trinajstić information content (AvgIpc) is 2.29. The molecule has 0 unspecified atom stereocenters. The number of likely N-dealkylation sites (N-methyl/N-ethyl adjacent to an activating group) is 1. The lowest BCUT2D eigenvalue weighted by molar-refractivity contribution is -0.116. The van der Waals surface area contributed by atoms with Crippen molar-refractivity contribution >= 4 is 17.5 Å². The lowest BCUT2D eigenvalue weighted by Gasteiger charge is -2.13. The van der Waals surface area contributed by atoms with Crippen molar-refractivity contribution < 1.29 is 9.59 Å². The predicted octanol–water partition coefficient (Wildman–Crippen LogP) is 1.63. The molecule has 2 amide bonds. The smallest absolute Gasteiger partial charge is 0.251 e. The summed E-state index contributed by atoms with van der Waals surface area (Å²) in [6.07, 6.45) is 0. The van der Waals surface area contributed by atoms with Crippen molar-refractivity contribution in [3.63, 3.8) is 0 Å². The number of hydrogen-bond acceptors (Lipinski definition) is 3. The molecule has 20 heavy (non-hydrogen) atoms. The fourth-order valence-electron chi connectivity index (χ4n) is 1.77. The molecule has 1 aromatic rings. The molecule has 0 atom stereocenters. The van der Waals surface area contributed by atoms with E-state index in [1.165, 1.54) is 0 Å². The molecule has 0 aliphatic carbocycles. The molecule has 0 saturated carbocycles. The Kier molecular flexibility index (Phi) is 5.70. The van der Waals surface area contributed by atoms with Gasteiger partial charge in [-0.25, -0.2) is 0 Å². The number of aryl methyl sites for hydroxylation is 1. The lowest BCUT2D eigenvalue weighted by Crippen LogP contribution is -2.31. The van der Waals surface area contributed by atoms with Crippen molar-refractivity contribution in [3.8, 4) is 0 Å². The molecule has 2 N–H and O–H groups in total. The van der Waals surface area contributed by atoms with E-state index >= 15 is 0 Å². The van der Waals surface area contributed by atoms with Gasteiger partial charge in [0, 0.05) is 17.3 Å². The topological polar surface area (TPSA) is 61.4 Å². The van der Waals surface area contributed by atoms with Gasteiger partial charge in [-0.3, -0.25) is 9.59 Å². The predicted molar refractivity (Wildman–Crippen MR) is 81.0 cm³/mol. The highest BCUT2D eigenvalue weighted by Crippen LogP contribution is 2.15. The number of carbonyl (C=O) groups excluding carboxylic acids is 2. The van der Waals surface area contributed by atoms with E-state index in [1.54, 1.807) is 17.0 Å². The van der Waals surface area contributed by atoms with E-state index in [9.17, 15) is 9.59 Å². The highest BCUT2D eigenvalue weighted by Gasteiger charge is 2.12. The van der Waals surface area contributed by atoms with Gasteiger partial charge in [0.25, 0.3) is 5.91 Å². The molecule has 0 heterocycles. The van der Waals surface area contributed by atoms with Crippen LogP contribution in [-0.4, -0.2) is 43.4 Å². The second-order valence-corrected chi connectivity index (χ2v) is 5.44. The molecular weight excluding hydrogens is 254 g/mol. The summed E-state index contributed by atoms with van der Waals surface area (Å²) < 4.78 is 0. The maximum Gasteiger partial charge on any atom is 0.251 e. The Hall–Kier alpha value is -1.88. The standard InChI is InChI=1S/C15H23N3O2/c1-10(2)16-15(20)13-8-12(7-6-11(13)3)17-14(19)9-18(4)5/h6-8,10H,9H2,1-5H3,(H,16,20)(H,17,19). The molecule has 110 valence electrons. The molecule has 0 spiro atoms. The highest BCUT2D eigenvalue weighted by molar-refractivity contribution is 5.98. The van der Waals surface area contributed by atoms with Crippen LogP contribution >= 0.6 is 0 Å². The largest absolute Gasteiger partial charge is 0.350 e. The van der Waals surface area contributed by atoms with Crippen molar-refractivity contribution in [1.82, 2.24) is 10.2 Å². The summed E-state index contributed by atoms with van der Waals surface area (Å²) in [6.45, 7) is 6.01. The Bertz CT molecular complexity index is 496. The maximum atomic E-state index is 12.1. The van der Waals surface area contributed by atoms with Gasteiger partial charge in [-0.15, -0.1) is 0 Å². The maximum absolute atomic E-state index is 12.1. The van der Waals surface area contributed by atoms with Gasteiger partial charge in [0.15, 0.2) is 0 Å². The van der Waals surface area contributed by atoms with Gasteiger partial charge in [0.1, 0.15) is 0 Å². The number of hydrogen-bond donors (Lipinski definition) is 2. The number of benzene rings is 1. The average molecular weight is 277 g/mol. The highest BCUT2D eigenvalue weighted by atomic mass is 16.2. The van der Waals surface area contributed by atoms with Gasteiger partial charge in [-0.2, -0.15) is 0 Å². The summed E-state index contributed by atoms with van der Waals surface area (Å²) in [5.41, 5.74) is 2.10. The summed E-state index contributed by atoms with van der Waals surface area (Å²) in [7, 11) is 3.66. The van der Waals surface area contributed by atoms with E-state index < -0.39 is 0 Å². The Labute approximate surface area is 120 Å². The van der Waals surface area contributed by atoms with Gasteiger partial charge in [-0.05, 0) is 52.6 Å². The van der Waals surface area contributed by atoms with E-state index in [1.807, 2.05) is 40.9 Å². The summed E-state index contributed by atoms with van der Waals surface area (Å²) >= 11 is 0. The molecule has 0 saturated heterocycles. The summed E-state index contributed by atoms with van der Waals surface area (Å²) in [4.78, 5) is 25.6. The van der Waals surface area contributed by atoms with Crippen LogP contribution in [-0.2, 0) is 4.79 Å². The first-order valence-corrected chi connectivity index (χ1v) is 6.65. The SMILES string of the molecule is Cc1ccc(NC(=O)CN(C)C)cc1C(=O)NC(C)C. The molecule has 0 bridgehead atoms. The second-order valence-electron chi connectivity index (χ2n) is 5.44. The van der Waals surface area contributed by atoms with Crippen LogP contribution in [0.2, 0.25) is 0 Å². The first-order valence-electron chi connectivity index (χ1n) is 6.65. The Balaban J connectivity index is 2.86. The molecule has 1 aromatic carbocycles. The van der Waals surface area contributed by atoms with Crippen molar-refractivity contribution in [3.05, 3.63) is 29.3 Å². The van der Waals surface area contributed by atoms with Crippen LogP contribution in [0.25, 0.3) is 0 Å². The molecule has 0 aliphatic heterocycles. The minimum atomic E-state index is -0.124. The molecule has 5 heteroatoms. The lowest BCUT2D eigenvalue weighted by atomic mass is 10.1. The zero-order valence-electron chi connectivity index (χ0n) is 12.8. The molecular formula is C15H23N3O2. The third-order valence-corrected chi connectivity index (χ3v) is 2.65. The zero-order chi connectivity index (χ0) is 15.3. The third kappa shape index (κ3) is 5.01. The quantitative estimate of drug-likeness (QED) is 0.860. The van der Waals surface area contributed by atoms with Gasteiger partial charge < -0.3 is 15.5 Å². The van der Waals surface area contributed by atoms with E-state index in [0.717, 1.165) is 5.56 Å². The fourth-order valence-corrected chi connectivity index (χ4v) is 1.77. The van der Waals surface area contributed by atoms with Crippen LogP contribution in [0.3, 0.4) is 0 Å². The number of carbonyl (C=O) groups is 2. The number of amides is 2. The fraction of sp³-hybridized carbons (Fsp3) is 0.467. The van der Waals surface area contributed by atoms with Crippen LogP contribution in [0.5, 0.6) is 0 Å². The second kappa shape index (κ2) is 7.05. The first-order chi connectivity index (χ1) is 9.29. The number of rotatable bonds is 5. The van der Waals surface area contributed by atoms with Crippen LogP contribution in [0.1, 0.15) is 29.8 Å². The molecule has 0 aromatic heterocycles. The molecule has 0 radical (unpaired) electrons. The van der Waals surface area contributed by atoms with Crippen molar-refractivity contribution in [2.24, 2.45) is 0 Å². The van der Waals surface area contributed by atoms with Crippen LogP contribution < -0.4 is 10.6 Å². The third-order valence-electron chi connectivity index (χ3n) is 2.65. The summed E-state index contributed by atoms with van der Waals surface area (Å²) in [5, 5.41) is 5.64. The van der Waals surface area contributed by atoms with Crippen LogP contribution in [0.15, 0.2) is 18.2 Å². The minimum Gasteiger partial charge on any atom is -0.350 e. The Morgan fingerprint density at radius 1 is 1.25 bits per heavy atom. The van der Waals surface area contributed by atoms with Gasteiger partial charge in [0.2, 0.25) is 5.91 Å². The van der Waals surface area contributed by atoms with Crippen molar-refractivity contribution in [2.45, 2.75) is 26.8 Å². The summed E-state index contributed by atoms with van der Waals surface area (Å²) in [5.74, 6) is -0.227. The van der Waals surface area contributed by atoms with E-state index in [0.29, 0.717) is 17.8 Å². The van der Waals surface area contributed by atoms with Gasteiger partial charge in [-0.1, -0.05) is 6.07 Å². The first kappa shape index (κ1) is 16.2. The zero-order valence-corrected chi connectivity index (χ0v) is 12.8. The Morgan fingerprint density at radius 2 is 1.90 bits per heavy atom. The normalized spacial score (nSPS) is 10.8. The Morgan fingerprint density at radius 3 is 2.45 bits per heavy atom. The van der Waals surface area contributed by atoms with Crippen molar-refractivity contribution in [2.75, 3.05) is 26.0 Å². The number of nitrogens with one attached hydrogen (secondary N) is 2. The summed E-state index contributed by atoms with van der Waals surface area (Å²) in [6, 6.07) is 5.42. The van der Waals surface area contributed by atoms with Crippen LogP contribution in [0, 0.1) is 6.92 Å². The van der Waals surface area contributed by atoms with Crippen molar-refractivity contribution in [1.29, 1.82) is 0 Å². The molecule has 0 aliphatic rings. The van der Waals surface area contributed by atoms with E-state index in [-0.39, 0.29) is 17.9 Å². The molecule has 1 rings (SSSR count). The van der Waals surface area contributed by atoms with Gasteiger partial charge >= 0.3 is 0 Å². The van der Waals surface area contributed by atoms with Gasteiger partial charge in [0.05, 0.1) is 6.54 Å². The van der Waals surface area contributed by atoms with E-state index in [4.69, 9.17) is 0 Å². The van der Waals surface area contributed by atoms with Crippen LogP contribution in [0.4, 0.5) is 5.69 Å². The monoisotopic (exact) mass is 277 g/mol.